The van der Waals surface area contributed by atoms with Gasteiger partial charge in [0.25, 0.3) is 0 Å². The standard InChI is InChI=1S/C18H17NO6/c1-2-24-17(23)10-3-5-11(6-4-10)19-9-18-8-7-12(25-18)13(16(21)22)14(18)15(19)20/h3-8,12-14H,2,9H2,1H3,(H,21,22)/p-1/t12-,13+,14+,18-/m0/s1. The van der Waals surface area contributed by atoms with Crippen LogP contribution < -0.4 is 10.0 Å². The monoisotopic (exact) mass is 342 g/mol. The summed E-state index contributed by atoms with van der Waals surface area (Å²) in [5.74, 6) is -3.75. The Morgan fingerprint density at radius 3 is 2.72 bits per heavy atom. The van der Waals surface area contributed by atoms with Crippen molar-refractivity contribution in [3.8, 4) is 0 Å². The molecule has 1 aromatic rings. The Labute approximate surface area is 143 Å². The molecular weight excluding hydrogens is 326 g/mol. The first-order valence-corrected chi connectivity index (χ1v) is 8.13. The Balaban J connectivity index is 1.61. The molecule has 0 aliphatic carbocycles. The molecule has 7 nitrogen and oxygen atoms in total. The Morgan fingerprint density at radius 2 is 2.08 bits per heavy atom. The highest BCUT2D eigenvalue weighted by Crippen LogP contribution is 2.52. The average Bonchev–Trinajstić information content (AvgIpc) is 3.23. The van der Waals surface area contributed by atoms with E-state index in [9.17, 15) is 19.5 Å². The number of amides is 1. The van der Waals surface area contributed by atoms with E-state index in [1.807, 2.05) is 0 Å². The smallest absolute Gasteiger partial charge is 0.338 e. The van der Waals surface area contributed by atoms with Crippen LogP contribution in [0.15, 0.2) is 36.4 Å². The van der Waals surface area contributed by atoms with E-state index >= 15 is 0 Å². The van der Waals surface area contributed by atoms with Crippen molar-refractivity contribution < 1.29 is 29.0 Å². The Kier molecular flexibility index (Phi) is 3.43. The molecule has 1 amide bonds. The van der Waals surface area contributed by atoms with Gasteiger partial charge in [0.1, 0.15) is 5.60 Å². The van der Waals surface area contributed by atoms with Gasteiger partial charge in [-0.1, -0.05) is 12.2 Å². The first-order chi connectivity index (χ1) is 12.0. The summed E-state index contributed by atoms with van der Waals surface area (Å²) in [5.41, 5.74) is 0.0615. The lowest BCUT2D eigenvalue weighted by Gasteiger charge is -2.24. The number of carbonyl (C=O) groups is 3. The Hall–Kier alpha value is -2.67. The van der Waals surface area contributed by atoms with E-state index in [1.54, 1.807) is 43.3 Å². The molecule has 3 heterocycles. The first-order valence-electron chi connectivity index (χ1n) is 8.13. The van der Waals surface area contributed by atoms with Crippen molar-refractivity contribution in [2.24, 2.45) is 11.8 Å². The van der Waals surface area contributed by atoms with Gasteiger partial charge in [0.2, 0.25) is 5.91 Å². The third-order valence-electron chi connectivity index (χ3n) is 5.06. The quantitative estimate of drug-likeness (QED) is 0.560. The number of ether oxygens (including phenoxy) is 2. The van der Waals surface area contributed by atoms with Gasteiger partial charge in [-0.2, -0.15) is 0 Å². The number of aliphatic carboxylic acids is 1. The maximum atomic E-state index is 12.8. The molecule has 2 bridgehead atoms. The number of fused-ring (bicyclic) bond motifs is 1. The minimum Gasteiger partial charge on any atom is -0.550 e. The number of hydrogen-bond donors (Lipinski definition) is 0. The van der Waals surface area contributed by atoms with E-state index in [0.717, 1.165) is 0 Å². The van der Waals surface area contributed by atoms with Crippen molar-refractivity contribution in [2.75, 3.05) is 18.1 Å². The zero-order valence-corrected chi connectivity index (χ0v) is 13.5. The number of benzene rings is 1. The molecule has 3 aliphatic rings. The van der Waals surface area contributed by atoms with Crippen LogP contribution in [-0.2, 0) is 19.1 Å². The number of hydrogen-bond acceptors (Lipinski definition) is 6. The van der Waals surface area contributed by atoms with E-state index in [1.165, 1.54) is 4.90 Å². The van der Waals surface area contributed by atoms with Crippen LogP contribution in [0.3, 0.4) is 0 Å². The Morgan fingerprint density at radius 1 is 1.36 bits per heavy atom. The van der Waals surface area contributed by atoms with Gasteiger partial charge in [-0.15, -0.1) is 0 Å². The molecule has 2 saturated heterocycles. The predicted octanol–water partition coefficient (Wildman–Crippen LogP) is -0.100. The molecule has 1 aromatic carbocycles. The van der Waals surface area contributed by atoms with Gasteiger partial charge in [0.15, 0.2) is 0 Å². The van der Waals surface area contributed by atoms with Crippen molar-refractivity contribution in [1.82, 2.24) is 0 Å². The number of rotatable bonds is 4. The molecule has 0 unspecified atom stereocenters. The zero-order chi connectivity index (χ0) is 17.8. The zero-order valence-electron chi connectivity index (χ0n) is 13.5. The van der Waals surface area contributed by atoms with Crippen LogP contribution in [0.5, 0.6) is 0 Å². The molecule has 2 fully saturated rings. The van der Waals surface area contributed by atoms with Crippen LogP contribution in [0.2, 0.25) is 0 Å². The molecule has 4 atom stereocenters. The third-order valence-corrected chi connectivity index (χ3v) is 5.06. The molecule has 0 saturated carbocycles. The maximum Gasteiger partial charge on any atom is 0.338 e. The topological polar surface area (TPSA) is 96.0 Å². The summed E-state index contributed by atoms with van der Waals surface area (Å²) in [6.45, 7) is 2.25. The van der Waals surface area contributed by atoms with Crippen LogP contribution in [0.4, 0.5) is 5.69 Å². The second kappa shape index (κ2) is 5.42. The molecular formula is C18H16NO6-. The van der Waals surface area contributed by atoms with Gasteiger partial charge in [-0.05, 0) is 31.2 Å². The fourth-order valence-corrected chi connectivity index (χ4v) is 3.98. The molecule has 130 valence electrons. The fourth-order valence-electron chi connectivity index (χ4n) is 3.98. The number of nitrogens with zero attached hydrogens (tertiary/aromatic N) is 1. The van der Waals surface area contributed by atoms with E-state index in [0.29, 0.717) is 11.3 Å². The van der Waals surface area contributed by atoms with Gasteiger partial charge in [-0.25, -0.2) is 4.79 Å². The highest BCUT2D eigenvalue weighted by Gasteiger charge is 2.65. The summed E-state index contributed by atoms with van der Waals surface area (Å²) in [4.78, 5) is 37.5. The minimum atomic E-state index is -1.27. The fraction of sp³-hybridized carbons (Fsp3) is 0.389. The van der Waals surface area contributed by atoms with Crippen LogP contribution in [0.1, 0.15) is 17.3 Å². The molecule has 4 rings (SSSR count). The lowest BCUT2D eigenvalue weighted by Crippen LogP contribution is -2.45. The molecule has 7 heteroatoms. The van der Waals surface area contributed by atoms with Gasteiger partial charge >= 0.3 is 5.97 Å². The summed E-state index contributed by atoms with van der Waals surface area (Å²) in [7, 11) is 0. The van der Waals surface area contributed by atoms with E-state index in [2.05, 4.69) is 0 Å². The summed E-state index contributed by atoms with van der Waals surface area (Å²) < 4.78 is 10.7. The number of carboxylic acid groups (broad SMARTS) is 1. The number of carbonyl (C=O) groups excluding carboxylic acids is 3. The average molecular weight is 342 g/mol. The molecule has 3 aliphatic heterocycles. The van der Waals surface area contributed by atoms with Gasteiger partial charge in [0.05, 0.1) is 30.7 Å². The van der Waals surface area contributed by atoms with Crippen LogP contribution in [0.25, 0.3) is 0 Å². The molecule has 1 spiro atoms. The van der Waals surface area contributed by atoms with Gasteiger partial charge in [-0.3, -0.25) is 4.79 Å². The van der Waals surface area contributed by atoms with E-state index < -0.39 is 35.5 Å². The highest BCUT2D eigenvalue weighted by molar-refractivity contribution is 6.02. The SMILES string of the molecule is CCOC(=O)c1ccc(N2C[C@]34C=C[C@H](O3)[C@@H](C(=O)[O-])[C@@H]4C2=O)cc1. The number of esters is 1. The van der Waals surface area contributed by atoms with Crippen molar-refractivity contribution in [3.05, 3.63) is 42.0 Å². The van der Waals surface area contributed by atoms with E-state index in [4.69, 9.17) is 9.47 Å². The van der Waals surface area contributed by atoms with Crippen molar-refractivity contribution in [3.63, 3.8) is 0 Å². The largest absolute Gasteiger partial charge is 0.550 e. The second-order valence-corrected chi connectivity index (χ2v) is 6.41. The Bertz CT molecular complexity index is 785. The summed E-state index contributed by atoms with van der Waals surface area (Å²) in [5, 5.41) is 11.5. The predicted molar refractivity (Wildman–Crippen MR) is 83.5 cm³/mol. The maximum absolute atomic E-state index is 12.8. The van der Waals surface area contributed by atoms with Gasteiger partial charge < -0.3 is 24.3 Å². The lowest BCUT2D eigenvalue weighted by molar-refractivity contribution is -0.313. The van der Waals surface area contributed by atoms with Crippen molar-refractivity contribution in [1.29, 1.82) is 0 Å². The van der Waals surface area contributed by atoms with Gasteiger partial charge in [0, 0.05) is 17.6 Å². The van der Waals surface area contributed by atoms with Crippen LogP contribution in [-0.4, -0.2) is 42.7 Å². The molecule has 0 N–H and O–H groups in total. The first kappa shape index (κ1) is 15.8. The van der Waals surface area contributed by atoms with Crippen LogP contribution in [0, 0.1) is 11.8 Å². The highest BCUT2D eigenvalue weighted by atomic mass is 16.5. The summed E-state index contributed by atoms with van der Waals surface area (Å²) in [6, 6.07) is 6.45. The van der Waals surface area contributed by atoms with Crippen molar-refractivity contribution >= 4 is 23.5 Å². The molecule has 0 radical (unpaired) electrons. The second-order valence-electron chi connectivity index (χ2n) is 6.41. The molecule has 0 aromatic heterocycles. The summed E-state index contributed by atoms with van der Waals surface area (Å²) >= 11 is 0. The third kappa shape index (κ3) is 2.19. The van der Waals surface area contributed by atoms with Crippen molar-refractivity contribution in [2.45, 2.75) is 18.6 Å². The van der Waals surface area contributed by atoms with Crippen LogP contribution >= 0.6 is 0 Å². The number of carboxylic acids is 1. The molecule has 25 heavy (non-hydrogen) atoms. The summed E-state index contributed by atoms with van der Waals surface area (Å²) in [6.07, 6.45) is 2.87. The lowest BCUT2D eigenvalue weighted by atomic mass is 9.77. The van der Waals surface area contributed by atoms with E-state index in [-0.39, 0.29) is 19.1 Å². The minimum absolute atomic E-state index is 0.242. The number of anilines is 1. The normalized spacial score (nSPS) is 32.1.